The van der Waals surface area contributed by atoms with Gasteiger partial charge in [0.25, 0.3) is 5.56 Å². The van der Waals surface area contributed by atoms with Crippen LogP contribution >= 0.6 is 11.6 Å². The number of aromatic nitrogens is 2. The SMILES string of the molecule is CC1(c2ccccc2)C=Cc2nc3c4ccc(Cl)c5c(-c6ccccc6)ccc(c(=O)n3c2C=C1C#N)c54. The van der Waals surface area contributed by atoms with Gasteiger partial charge >= 0.3 is 0 Å². The molecule has 4 nitrogen and oxygen atoms in total. The molecule has 0 saturated heterocycles. The largest absolute Gasteiger partial charge is 0.268 e. The molecule has 1 aliphatic carbocycles. The topological polar surface area (TPSA) is 58.2 Å². The second-order valence-electron chi connectivity index (χ2n) is 9.79. The van der Waals surface area contributed by atoms with E-state index in [9.17, 15) is 10.1 Å². The third kappa shape index (κ3) is 3.03. The van der Waals surface area contributed by atoms with Gasteiger partial charge in [-0.15, -0.1) is 0 Å². The van der Waals surface area contributed by atoms with E-state index in [-0.39, 0.29) is 5.56 Å². The number of rotatable bonds is 2. The molecule has 0 bridgehead atoms. The number of hydrogen-bond donors (Lipinski definition) is 0. The molecule has 5 heteroatoms. The molecular weight excluding hydrogens is 490 g/mol. The molecular formula is C33H20ClN3O. The van der Waals surface area contributed by atoms with E-state index in [4.69, 9.17) is 16.6 Å². The average molecular weight is 510 g/mol. The van der Waals surface area contributed by atoms with Crippen LogP contribution in [0, 0.1) is 11.3 Å². The van der Waals surface area contributed by atoms with Gasteiger partial charge in [-0.2, -0.15) is 5.26 Å². The Hall–Kier alpha value is -4.72. The number of fused-ring (bicyclic) bond motifs is 4. The van der Waals surface area contributed by atoms with Crippen LogP contribution in [-0.4, -0.2) is 9.38 Å². The molecule has 1 unspecified atom stereocenters. The Labute approximate surface area is 223 Å². The molecule has 4 aromatic carbocycles. The molecule has 0 spiro atoms. The van der Waals surface area contributed by atoms with Gasteiger partial charge in [0.05, 0.1) is 17.5 Å². The highest BCUT2D eigenvalue weighted by Crippen LogP contribution is 2.41. The van der Waals surface area contributed by atoms with E-state index >= 15 is 0 Å². The molecule has 7 rings (SSSR count). The maximum atomic E-state index is 14.1. The summed E-state index contributed by atoms with van der Waals surface area (Å²) < 4.78 is 1.64. The van der Waals surface area contributed by atoms with Crippen molar-refractivity contribution in [2.24, 2.45) is 0 Å². The summed E-state index contributed by atoms with van der Waals surface area (Å²) in [6.45, 7) is 2.02. The third-order valence-electron chi connectivity index (χ3n) is 7.72. The van der Waals surface area contributed by atoms with Gasteiger partial charge in [0.15, 0.2) is 0 Å². The molecule has 1 aliphatic rings. The summed E-state index contributed by atoms with van der Waals surface area (Å²) in [7, 11) is 0. The van der Waals surface area contributed by atoms with Crippen LogP contribution in [0.3, 0.4) is 0 Å². The molecule has 0 radical (unpaired) electrons. The lowest BCUT2D eigenvalue weighted by Gasteiger charge is -2.25. The first-order valence-corrected chi connectivity index (χ1v) is 12.7. The van der Waals surface area contributed by atoms with Crippen molar-refractivity contribution in [3.05, 3.63) is 129 Å². The summed E-state index contributed by atoms with van der Waals surface area (Å²) in [4.78, 5) is 19.0. The van der Waals surface area contributed by atoms with Crippen LogP contribution in [0.5, 0.6) is 0 Å². The van der Waals surface area contributed by atoms with Crippen LogP contribution in [0.1, 0.15) is 23.9 Å². The van der Waals surface area contributed by atoms with Crippen molar-refractivity contribution >= 4 is 50.9 Å². The molecule has 0 N–H and O–H groups in total. The molecule has 0 fully saturated rings. The highest BCUT2D eigenvalue weighted by Gasteiger charge is 2.32. The van der Waals surface area contributed by atoms with Gasteiger partial charge in [-0.3, -0.25) is 9.20 Å². The minimum atomic E-state index is -0.648. The zero-order chi connectivity index (χ0) is 26.0. The van der Waals surface area contributed by atoms with Gasteiger partial charge in [-0.25, -0.2) is 4.98 Å². The minimum absolute atomic E-state index is 0.182. The van der Waals surface area contributed by atoms with Crippen LogP contribution in [0.15, 0.2) is 101 Å². The van der Waals surface area contributed by atoms with Crippen LogP contribution in [0.4, 0.5) is 0 Å². The fraction of sp³-hybridized carbons (Fsp3) is 0.0606. The van der Waals surface area contributed by atoms with Crippen molar-refractivity contribution in [1.82, 2.24) is 9.38 Å². The van der Waals surface area contributed by atoms with Gasteiger partial charge in [-0.05, 0) is 54.0 Å². The Morgan fingerprint density at radius 3 is 2.34 bits per heavy atom. The van der Waals surface area contributed by atoms with Crippen molar-refractivity contribution in [3.63, 3.8) is 0 Å². The van der Waals surface area contributed by atoms with Crippen molar-refractivity contribution < 1.29 is 0 Å². The number of nitriles is 1. The third-order valence-corrected chi connectivity index (χ3v) is 8.03. The van der Waals surface area contributed by atoms with Gasteiger partial charge < -0.3 is 0 Å². The van der Waals surface area contributed by atoms with E-state index in [0.717, 1.165) is 32.8 Å². The summed E-state index contributed by atoms with van der Waals surface area (Å²) >= 11 is 6.77. The lowest BCUT2D eigenvalue weighted by atomic mass is 9.76. The summed E-state index contributed by atoms with van der Waals surface area (Å²) in [5, 5.41) is 13.9. The zero-order valence-corrected chi connectivity index (χ0v) is 21.2. The summed E-state index contributed by atoms with van der Waals surface area (Å²) in [6.07, 6.45) is 5.74. The highest BCUT2D eigenvalue weighted by molar-refractivity contribution is 6.39. The van der Waals surface area contributed by atoms with Crippen LogP contribution in [0.2, 0.25) is 5.02 Å². The molecule has 6 aromatic rings. The number of pyridine rings is 1. The highest BCUT2D eigenvalue weighted by atomic mass is 35.5. The summed E-state index contributed by atoms with van der Waals surface area (Å²) in [5.41, 5.74) is 4.52. The zero-order valence-electron chi connectivity index (χ0n) is 20.4. The van der Waals surface area contributed by atoms with Gasteiger partial charge in [0.1, 0.15) is 5.65 Å². The van der Waals surface area contributed by atoms with E-state index in [0.29, 0.717) is 33.0 Å². The van der Waals surface area contributed by atoms with E-state index in [1.165, 1.54) is 0 Å². The quantitative estimate of drug-likeness (QED) is 0.241. The first kappa shape index (κ1) is 22.5. The standard InChI is InChI=1S/C33H20ClN3O/c1-33(21-10-6-3-7-11-21)17-16-27-28(18-22(33)19-35)37-31(36-27)24-14-15-26(34)30-23(20-8-4-2-5-9-20)12-13-25(29(24)30)32(37)38/h2-18H,1H3. The minimum Gasteiger partial charge on any atom is -0.268 e. The monoisotopic (exact) mass is 509 g/mol. The summed E-state index contributed by atoms with van der Waals surface area (Å²) in [5.74, 6) is 0. The molecule has 0 saturated carbocycles. The number of nitrogens with zero attached hydrogens (tertiary/aromatic N) is 3. The molecule has 0 aliphatic heterocycles. The van der Waals surface area contributed by atoms with Crippen molar-refractivity contribution in [2.75, 3.05) is 0 Å². The first-order chi connectivity index (χ1) is 18.5. The van der Waals surface area contributed by atoms with E-state index in [1.807, 2.05) is 110 Å². The predicted molar refractivity (Wildman–Crippen MR) is 155 cm³/mol. The lowest BCUT2D eigenvalue weighted by Crippen LogP contribution is -2.21. The first-order valence-electron chi connectivity index (χ1n) is 12.4. The fourth-order valence-corrected chi connectivity index (χ4v) is 5.96. The smallest absolute Gasteiger partial charge is 0.264 e. The molecule has 180 valence electrons. The normalized spacial score (nSPS) is 16.9. The Morgan fingerprint density at radius 2 is 1.61 bits per heavy atom. The molecule has 2 heterocycles. The number of imidazole rings is 1. The number of hydrogen-bond acceptors (Lipinski definition) is 3. The van der Waals surface area contributed by atoms with Gasteiger partial charge in [0, 0.05) is 37.6 Å². The van der Waals surface area contributed by atoms with Crippen molar-refractivity contribution in [2.45, 2.75) is 12.3 Å². The number of allylic oxidation sites excluding steroid dienone is 2. The Morgan fingerprint density at radius 1 is 0.895 bits per heavy atom. The number of benzene rings is 4. The second-order valence-corrected chi connectivity index (χ2v) is 10.2. The predicted octanol–water partition coefficient (Wildman–Crippen LogP) is 7.65. The van der Waals surface area contributed by atoms with Crippen LogP contribution < -0.4 is 5.56 Å². The average Bonchev–Trinajstić information content (AvgIpc) is 3.26. The summed E-state index contributed by atoms with van der Waals surface area (Å²) in [6, 6.07) is 30.0. The van der Waals surface area contributed by atoms with E-state index in [2.05, 4.69) is 6.07 Å². The Kier molecular flexibility index (Phi) is 4.82. The lowest BCUT2D eigenvalue weighted by molar-refractivity contribution is 0.735. The Balaban J connectivity index is 1.57. The molecule has 38 heavy (non-hydrogen) atoms. The fourth-order valence-electron chi connectivity index (χ4n) is 5.70. The van der Waals surface area contributed by atoms with Crippen LogP contribution in [0.25, 0.3) is 50.5 Å². The van der Waals surface area contributed by atoms with E-state index in [1.54, 1.807) is 4.40 Å². The molecule has 1 atom stereocenters. The molecule has 2 aromatic heterocycles. The second kappa shape index (κ2) is 8.14. The van der Waals surface area contributed by atoms with Crippen LogP contribution in [-0.2, 0) is 5.41 Å². The molecule has 0 amide bonds. The maximum Gasteiger partial charge on any atom is 0.264 e. The Bertz CT molecular complexity index is 2070. The van der Waals surface area contributed by atoms with E-state index < -0.39 is 5.41 Å². The van der Waals surface area contributed by atoms with Gasteiger partial charge in [-0.1, -0.05) is 84.4 Å². The maximum absolute atomic E-state index is 14.1. The number of halogens is 1. The van der Waals surface area contributed by atoms with Crippen molar-refractivity contribution in [1.29, 1.82) is 5.26 Å². The van der Waals surface area contributed by atoms with Gasteiger partial charge in [0.2, 0.25) is 0 Å². The van der Waals surface area contributed by atoms with Crippen molar-refractivity contribution in [3.8, 4) is 17.2 Å².